The number of amides is 1. The largest absolute Gasteiger partial charge is 0.491 e. The summed E-state index contributed by atoms with van der Waals surface area (Å²) in [4.78, 5) is 28.9. The van der Waals surface area contributed by atoms with Crippen molar-refractivity contribution in [3.05, 3.63) is 87.9 Å². The molecule has 0 saturated heterocycles. The molecule has 30 heavy (non-hydrogen) atoms. The van der Waals surface area contributed by atoms with Crippen molar-refractivity contribution in [1.29, 1.82) is 0 Å². The lowest BCUT2D eigenvalue weighted by molar-refractivity contribution is -0.117. The number of ether oxygens (including phenoxy) is 1. The Hall–Kier alpha value is -3.12. The highest BCUT2D eigenvalue weighted by atomic mass is 35.5. The fourth-order valence-corrected chi connectivity index (χ4v) is 3.81. The predicted molar refractivity (Wildman–Crippen MR) is 116 cm³/mol. The van der Waals surface area contributed by atoms with Crippen LogP contribution in [-0.2, 0) is 16.8 Å². The number of pyridine rings is 2. The molecule has 2 unspecified atom stereocenters. The van der Waals surface area contributed by atoms with Crippen molar-refractivity contribution in [1.82, 2.24) is 9.55 Å². The summed E-state index contributed by atoms with van der Waals surface area (Å²) < 4.78 is 7.65. The second kappa shape index (κ2) is 8.32. The van der Waals surface area contributed by atoms with E-state index in [1.807, 2.05) is 37.3 Å². The number of carbonyl (C=O) groups excluding carboxylic acids is 1. The first-order chi connectivity index (χ1) is 14.5. The highest BCUT2D eigenvalue weighted by Gasteiger charge is 2.60. The molecule has 7 heteroatoms. The van der Waals surface area contributed by atoms with Crippen LogP contribution in [0, 0.1) is 5.92 Å². The van der Waals surface area contributed by atoms with Gasteiger partial charge in [0.05, 0.1) is 17.5 Å². The molecule has 1 aliphatic rings. The summed E-state index contributed by atoms with van der Waals surface area (Å²) in [6.07, 6.45) is 3.88. The van der Waals surface area contributed by atoms with Gasteiger partial charge in [0.2, 0.25) is 5.91 Å². The zero-order valence-corrected chi connectivity index (χ0v) is 17.3. The quantitative estimate of drug-likeness (QED) is 0.625. The number of hydrogen-bond acceptors (Lipinski definition) is 4. The van der Waals surface area contributed by atoms with Crippen molar-refractivity contribution in [3.63, 3.8) is 0 Å². The van der Waals surface area contributed by atoms with Crippen molar-refractivity contribution in [2.45, 2.75) is 25.3 Å². The number of carbonyl (C=O) groups is 1. The van der Waals surface area contributed by atoms with Crippen LogP contribution >= 0.6 is 11.6 Å². The second-order valence-corrected chi connectivity index (χ2v) is 7.84. The molecule has 3 aromatic rings. The van der Waals surface area contributed by atoms with Crippen molar-refractivity contribution < 1.29 is 9.53 Å². The van der Waals surface area contributed by atoms with Crippen LogP contribution in [0.5, 0.6) is 5.75 Å². The third-order valence-corrected chi connectivity index (χ3v) is 5.74. The van der Waals surface area contributed by atoms with Crippen molar-refractivity contribution in [2.24, 2.45) is 5.92 Å². The summed E-state index contributed by atoms with van der Waals surface area (Å²) in [6.45, 7) is 2.81. The van der Waals surface area contributed by atoms with Gasteiger partial charge >= 0.3 is 0 Å². The monoisotopic (exact) mass is 423 g/mol. The molecule has 1 N–H and O–H groups in total. The van der Waals surface area contributed by atoms with Crippen LogP contribution in [0.25, 0.3) is 0 Å². The summed E-state index contributed by atoms with van der Waals surface area (Å²) in [5.41, 5.74) is 0.560. The minimum absolute atomic E-state index is 0.0678. The van der Waals surface area contributed by atoms with Crippen LogP contribution < -0.4 is 15.6 Å². The second-order valence-electron chi connectivity index (χ2n) is 7.41. The lowest BCUT2D eigenvalue weighted by Crippen LogP contribution is -2.27. The van der Waals surface area contributed by atoms with Crippen LogP contribution in [-0.4, -0.2) is 22.1 Å². The number of benzene rings is 1. The fraction of sp³-hybridized carbons (Fsp3) is 0.261. The van der Waals surface area contributed by atoms with Gasteiger partial charge in [0, 0.05) is 30.4 Å². The van der Waals surface area contributed by atoms with Gasteiger partial charge < -0.3 is 14.6 Å². The summed E-state index contributed by atoms with van der Waals surface area (Å²) >= 11 is 5.87. The van der Waals surface area contributed by atoms with Gasteiger partial charge in [0.15, 0.2) is 0 Å². The lowest BCUT2D eigenvalue weighted by Gasteiger charge is -2.19. The minimum Gasteiger partial charge on any atom is -0.491 e. The first-order valence-electron chi connectivity index (χ1n) is 9.83. The van der Waals surface area contributed by atoms with Gasteiger partial charge in [-0.2, -0.15) is 0 Å². The van der Waals surface area contributed by atoms with E-state index in [0.29, 0.717) is 36.2 Å². The van der Waals surface area contributed by atoms with Crippen molar-refractivity contribution in [3.8, 4) is 5.75 Å². The Morgan fingerprint density at radius 1 is 1.23 bits per heavy atom. The molecule has 1 fully saturated rings. The van der Waals surface area contributed by atoms with Gasteiger partial charge in [0.1, 0.15) is 11.6 Å². The SMILES string of the molecule is CCn1cc(OCC2(c3ccccc3)CC2C(=O)Nc2ccc(Cl)cn2)ccc1=O. The standard InChI is InChI=1S/C23H22ClN3O3/c1-2-27-14-18(9-11-21(27)28)30-15-23(16-6-4-3-5-7-16)12-19(23)22(29)26-20-10-8-17(24)13-25-20/h3-11,13-14,19H,2,12,15H2,1H3,(H,25,26,29). The van der Waals surface area contributed by atoms with E-state index in [9.17, 15) is 9.59 Å². The zero-order chi connectivity index (χ0) is 21.1. The number of aryl methyl sites for hydroxylation is 1. The van der Waals surface area contributed by atoms with E-state index in [4.69, 9.17) is 16.3 Å². The van der Waals surface area contributed by atoms with Crippen molar-refractivity contribution in [2.75, 3.05) is 11.9 Å². The Labute approximate surface area is 179 Å². The average Bonchev–Trinajstić information content (AvgIpc) is 3.51. The number of rotatable bonds is 7. The molecule has 1 aromatic carbocycles. The Balaban J connectivity index is 1.53. The molecule has 2 atom stereocenters. The molecule has 6 nitrogen and oxygen atoms in total. The number of hydrogen-bond donors (Lipinski definition) is 1. The van der Waals surface area contributed by atoms with E-state index in [-0.39, 0.29) is 17.4 Å². The third-order valence-electron chi connectivity index (χ3n) is 5.51. The summed E-state index contributed by atoms with van der Waals surface area (Å²) in [6, 6.07) is 16.4. The van der Waals surface area contributed by atoms with Crippen LogP contribution in [0.15, 0.2) is 71.8 Å². The molecule has 0 spiro atoms. The average molecular weight is 424 g/mol. The first kappa shape index (κ1) is 20.2. The van der Waals surface area contributed by atoms with Crippen LogP contribution in [0.1, 0.15) is 18.9 Å². The fourth-order valence-electron chi connectivity index (χ4n) is 3.70. The molecule has 2 aromatic heterocycles. The Morgan fingerprint density at radius 3 is 2.73 bits per heavy atom. The molecule has 0 radical (unpaired) electrons. The van der Waals surface area contributed by atoms with E-state index in [1.165, 1.54) is 12.3 Å². The normalized spacial score (nSPS) is 19.9. The van der Waals surface area contributed by atoms with E-state index in [2.05, 4.69) is 10.3 Å². The van der Waals surface area contributed by atoms with Crippen LogP contribution in [0.3, 0.4) is 0 Å². The maximum atomic E-state index is 12.9. The summed E-state index contributed by atoms with van der Waals surface area (Å²) in [5.74, 6) is 0.733. The molecule has 0 aliphatic heterocycles. The molecule has 1 saturated carbocycles. The number of nitrogens with one attached hydrogen (secondary N) is 1. The van der Waals surface area contributed by atoms with Crippen LogP contribution in [0.2, 0.25) is 5.02 Å². The van der Waals surface area contributed by atoms with Crippen LogP contribution in [0.4, 0.5) is 5.82 Å². The Morgan fingerprint density at radius 2 is 2.03 bits per heavy atom. The maximum Gasteiger partial charge on any atom is 0.250 e. The van der Waals surface area contributed by atoms with Gasteiger partial charge in [-0.25, -0.2) is 4.98 Å². The maximum absolute atomic E-state index is 12.9. The topological polar surface area (TPSA) is 73.2 Å². The minimum atomic E-state index is -0.426. The molecular formula is C23H22ClN3O3. The lowest BCUT2D eigenvalue weighted by atomic mass is 9.93. The molecule has 1 aliphatic carbocycles. The number of anilines is 1. The molecule has 0 bridgehead atoms. The molecular weight excluding hydrogens is 402 g/mol. The number of nitrogens with zero attached hydrogens (tertiary/aromatic N) is 2. The molecule has 4 rings (SSSR count). The van der Waals surface area contributed by atoms with Gasteiger partial charge in [-0.05, 0) is 37.1 Å². The van der Waals surface area contributed by atoms with Gasteiger partial charge in [-0.15, -0.1) is 0 Å². The molecule has 154 valence electrons. The third kappa shape index (κ3) is 4.09. The Bertz CT molecular complexity index is 1100. The van der Waals surface area contributed by atoms with Gasteiger partial charge in [0.25, 0.3) is 5.56 Å². The summed E-state index contributed by atoms with van der Waals surface area (Å²) in [7, 11) is 0. The van der Waals surface area contributed by atoms with Crippen molar-refractivity contribution >= 4 is 23.3 Å². The number of aromatic nitrogens is 2. The first-order valence-corrected chi connectivity index (χ1v) is 10.2. The molecule has 2 heterocycles. The highest BCUT2D eigenvalue weighted by Crippen LogP contribution is 2.55. The number of halogens is 1. The molecule has 1 amide bonds. The van der Waals surface area contributed by atoms with Gasteiger partial charge in [-0.1, -0.05) is 41.9 Å². The highest BCUT2D eigenvalue weighted by molar-refractivity contribution is 6.30. The van der Waals surface area contributed by atoms with E-state index >= 15 is 0 Å². The van der Waals surface area contributed by atoms with E-state index in [1.54, 1.807) is 29.0 Å². The summed E-state index contributed by atoms with van der Waals surface area (Å²) in [5, 5.41) is 3.38. The van der Waals surface area contributed by atoms with Gasteiger partial charge in [-0.3, -0.25) is 9.59 Å². The predicted octanol–water partition coefficient (Wildman–Crippen LogP) is 3.89. The smallest absolute Gasteiger partial charge is 0.250 e. The van der Waals surface area contributed by atoms with E-state index in [0.717, 1.165) is 5.56 Å². The van der Waals surface area contributed by atoms with E-state index < -0.39 is 5.41 Å². The Kier molecular flexibility index (Phi) is 5.59. The zero-order valence-electron chi connectivity index (χ0n) is 16.5.